The van der Waals surface area contributed by atoms with E-state index in [9.17, 15) is 9.59 Å². The Hall–Kier alpha value is -1.84. The number of carbonyl (C=O) groups excluding carboxylic acids is 2. The fourth-order valence-corrected chi connectivity index (χ4v) is 2.91. The van der Waals surface area contributed by atoms with Gasteiger partial charge in [-0.05, 0) is 31.9 Å². The van der Waals surface area contributed by atoms with Crippen molar-refractivity contribution < 1.29 is 9.59 Å². The summed E-state index contributed by atoms with van der Waals surface area (Å²) in [6, 6.07) is 7.68. The second-order valence-corrected chi connectivity index (χ2v) is 5.75. The number of rotatable bonds is 5. The van der Waals surface area contributed by atoms with E-state index in [0.717, 1.165) is 18.5 Å². The average Bonchev–Trinajstić information content (AvgIpc) is 2.52. The molecular formula is C17H24N2O2. The summed E-state index contributed by atoms with van der Waals surface area (Å²) in [6.07, 6.45) is 5.91. The third-order valence-corrected chi connectivity index (χ3v) is 4.25. The van der Waals surface area contributed by atoms with E-state index in [0.29, 0.717) is 11.6 Å². The van der Waals surface area contributed by atoms with Crippen LogP contribution >= 0.6 is 0 Å². The Morgan fingerprint density at radius 1 is 1.19 bits per heavy atom. The maximum atomic E-state index is 12.3. The molecule has 1 saturated carbocycles. The van der Waals surface area contributed by atoms with Gasteiger partial charge in [0, 0.05) is 24.3 Å². The molecule has 0 saturated heterocycles. The van der Waals surface area contributed by atoms with Gasteiger partial charge in [0.15, 0.2) is 5.78 Å². The summed E-state index contributed by atoms with van der Waals surface area (Å²) in [6.45, 7) is 1.77. The Balaban J connectivity index is 1.93. The molecule has 1 fully saturated rings. The van der Waals surface area contributed by atoms with Gasteiger partial charge < -0.3 is 10.2 Å². The van der Waals surface area contributed by atoms with E-state index in [-0.39, 0.29) is 18.2 Å². The third kappa shape index (κ3) is 4.06. The van der Waals surface area contributed by atoms with Crippen molar-refractivity contribution in [3.63, 3.8) is 0 Å². The lowest BCUT2D eigenvalue weighted by Gasteiger charge is -2.31. The van der Waals surface area contributed by atoms with Crippen LogP contribution in [0.2, 0.25) is 0 Å². The van der Waals surface area contributed by atoms with E-state index >= 15 is 0 Å². The van der Waals surface area contributed by atoms with Crippen molar-refractivity contribution in [3.05, 3.63) is 29.8 Å². The van der Waals surface area contributed by atoms with E-state index in [4.69, 9.17) is 0 Å². The monoisotopic (exact) mass is 288 g/mol. The van der Waals surface area contributed by atoms with Gasteiger partial charge in [-0.15, -0.1) is 0 Å². The number of para-hydroxylation sites is 1. The fraction of sp³-hybridized carbons (Fsp3) is 0.529. The number of ketones is 1. The molecule has 0 spiro atoms. The number of amides is 1. The Labute approximate surface area is 126 Å². The van der Waals surface area contributed by atoms with Gasteiger partial charge in [0.2, 0.25) is 5.91 Å². The predicted molar refractivity (Wildman–Crippen MR) is 84.6 cm³/mol. The summed E-state index contributed by atoms with van der Waals surface area (Å²) in [5, 5.41) is 3.10. The molecule has 0 radical (unpaired) electrons. The molecule has 0 unspecified atom stereocenters. The minimum Gasteiger partial charge on any atom is -0.376 e. The van der Waals surface area contributed by atoms with Gasteiger partial charge in [-0.1, -0.05) is 31.4 Å². The zero-order chi connectivity index (χ0) is 15.2. The fourth-order valence-electron chi connectivity index (χ4n) is 2.91. The molecule has 0 heterocycles. The molecule has 1 N–H and O–H groups in total. The lowest BCUT2D eigenvalue weighted by atomic mass is 9.94. The van der Waals surface area contributed by atoms with Crippen LogP contribution in [0, 0.1) is 0 Å². The van der Waals surface area contributed by atoms with Crippen LogP contribution in [0.15, 0.2) is 24.3 Å². The van der Waals surface area contributed by atoms with E-state index in [2.05, 4.69) is 5.32 Å². The number of benzene rings is 1. The molecule has 1 aliphatic carbocycles. The summed E-state index contributed by atoms with van der Waals surface area (Å²) in [5.41, 5.74) is 1.36. The molecule has 1 aliphatic rings. The summed E-state index contributed by atoms with van der Waals surface area (Å²) in [5.74, 6) is 0.0893. The molecule has 1 aromatic rings. The molecule has 4 heteroatoms. The van der Waals surface area contributed by atoms with E-state index in [1.165, 1.54) is 26.2 Å². The maximum Gasteiger partial charge on any atom is 0.241 e. The lowest BCUT2D eigenvalue weighted by Crippen LogP contribution is -2.41. The zero-order valence-corrected chi connectivity index (χ0v) is 12.9. The molecule has 0 atom stereocenters. The van der Waals surface area contributed by atoms with Gasteiger partial charge in [0.05, 0.1) is 6.54 Å². The SMILES string of the molecule is CC(=O)c1ccccc1NCC(=O)N(C)C1CCCCC1. The van der Waals surface area contributed by atoms with Gasteiger partial charge in [-0.3, -0.25) is 9.59 Å². The maximum absolute atomic E-state index is 12.3. The number of Topliss-reactive ketones (excluding diaryl/α,β-unsaturated/α-hetero) is 1. The topological polar surface area (TPSA) is 49.4 Å². The third-order valence-electron chi connectivity index (χ3n) is 4.25. The predicted octanol–water partition coefficient (Wildman–Crippen LogP) is 3.09. The average molecular weight is 288 g/mol. The zero-order valence-electron chi connectivity index (χ0n) is 12.9. The summed E-state index contributed by atoms with van der Waals surface area (Å²) in [4.78, 5) is 25.7. The number of hydrogen-bond acceptors (Lipinski definition) is 3. The summed E-state index contributed by atoms with van der Waals surface area (Å²) in [7, 11) is 1.89. The highest BCUT2D eigenvalue weighted by Crippen LogP contribution is 2.22. The number of anilines is 1. The Kier molecular flexibility index (Phi) is 5.37. The van der Waals surface area contributed by atoms with Gasteiger partial charge in [-0.25, -0.2) is 0 Å². The minimum absolute atomic E-state index is 0.00573. The van der Waals surface area contributed by atoms with Crippen LogP contribution in [0.4, 0.5) is 5.69 Å². The number of nitrogens with one attached hydrogen (secondary N) is 1. The first-order valence-corrected chi connectivity index (χ1v) is 7.69. The van der Waals surface area contributed by atoms with Crippen LogP contribution < -0.4 is 5.32 Å². The highest BCUT2D eigenvalue weighted by Gasteiger charge is 2.21. The number of likely N-dealkylation sites (N-methyl/N-ethyl adjacent to an activating group) is 1. The normalized spacial score (nSPS) is 15.5. The van der Waals surface area contributed by atoms with Crippen LogP contribution in [-0.2, 0) is 4.79 Å². The van der Waals surface area contributed by atoms with Crippen molar-refractivity contribution in [2.45, 2.75) is 45.1 Å². The number of nitrogens with zero attached hydrogens (tertiary/aromatic N) is 1. The van der Waals surface area contributed by atoms with Crippen LogP contribution in [0.5, 0.6) is 0 Å². The first-order chi connectivity index (χ1) is 10.1. The Bertz CT molecular complexity index is 507. The molecule has 0 aliphatic heterocycles. The van der Waals surface area contributed by atoms with Crippen molar-refractivity contribution in [1.82, 2.24) is 4.90 Å². The van der Waals surface area contributed by atoms with Crippen LogP contribution in [0.1, 0.15) is 49.4 Å². The summed E-state index contributed by atoms with van der Waals surface area (Å²) >= 11 is 0. The van der Waals surface area contributed by atoms with Gasteiger partial charge in [0.25, 0.3) is 0 Å². The molecule has 1 aromatic carbocycles. The minimum atomic E-state index is 0.00573. The smallest absolute Gasteiger partial charge is 0.241 e. The molecule has 21 heavy (non-hydrogen) atoms. The Morgan fingerprint density at radius 2 is 1.86 bits per heavy atom. The van der Waals surface area contributed by atoms with E-state index in [1.54, 1.807) is 6.07 Å². The van der Waals surface area contributed by atoms with Gasteiger partial charge >= 0.3 is 0 Å². The molecule has 4 nitrogen and oxygen atoms in total. The molecular weight excluding hydrogens is 264 g/mol. The molecule has 0 bridgehead atoms. The molecule has 1 amide bonds. The first kappa shape index (κ1) is 15.5. The van der Waals surface area contributed by atoms with E-state index < -0.39 is 0 Å². The Morgan fingerprint density at radius 3 is 2.52 bits per heavy atom. The molecule has 114 valence electrons. The largest absolute Gasteiger partial charge is 0.376 e. The second kappa shape index (κ2) is 7.25. The quantitative estimate of drug-likeness (QED) is 0.847. The van der Waals surface area contributed by atoms with Gasteiger partial charge in [-0.2, -0.15) is 0 Å². The lowest BCUT2D eigenvalue weighted by molar-refractivity contribution is -0.130. The van der Waals surface area contributed by atoms with E-state index in [1.807, 2.05) is 30.1 Å². The van der Waals surface area contributed by atoms with Crippen LogP contribution in [0.25, 0.3) is 0 Å². The van der Waals surface area contributed by atoms with Crippen molar-refractivity contribution in [2.24, 2.45) is 0 Å². The molecule has 0 aromatic heterocycles. The summed E-state index contributed by atoms with van der Waals surface area (Å²) < 4.78 is 0. The van der Waals surface area contributed by atoms with Gasteiger partial charge in [0.1, 0.15) is 0 Å². The first-order valence-electron chi connectivity index (χ1n) is 7.69. The highest BCUT2D eigenvalue weighted by atomic mass is 16.2. The number of carbonyl (C=O) groups is 2. The van der Waals surface area contributed by atoms with Crippen LogP contribution in [0.3, 0.4) is 0 Å². The van der Waals surface area contributed by atoms with Crippen molar-refractivity contribution in [2.75, 3.05) is 18.9 Å². The highest BCUT2D eigenvalue weighted by molar-refractivity contribution is 6.00. The van der Waals surface area contributed by atoms with Crippen molar-refractivity contribution in [3.8, 4) is 0 Å². The molecule has 2 rings (SSSR count). The van der Waals surface area contributed by atoms with Crippen LogP contribution in [-0.4, -0.2) is 36.2 Å². The van der Waals surface area contributed by atoms with Crippen molar-refractivity contribution >= 4 is 17.4 Å². The second-order valence-electron chi connectivity index (χ2n) is 5.75. The number of hydrogen-bond donors (Lipinski definition) is 1. The standard InChI is InChI=1S/C17H24N2O2/c1-13(20)15-10-6-7-11-16(15)18-12-17(21)19(2)14-8-4-3-5-9-14/h6-7,10-11,14,18H,3-5,8-9,12H2,1-2H3. The van der Waals surface area contributed by atoms with Crippen molar-refractivity contribution in [1.29, 1.82) is 0 Å².